The summed E-state index contributed by atoms with van der Waals surface area (Å²) in [6.45, 7) is 5.71. The van der Waals surface area contributed by atoms with E-state index in [1.54, 1.807) is 0 Å². The zero-order valence-corrected chi connectivity index (χ0v) is 14.2. The molecule has 1 aliphatic heterocycles. The molecule has 9 heteroatoms. The van der Waals surface area contributed by atoms with Crippen LogP contribution < -0.4 is 10.6 Å². The van der Waals surface area contributed by atoms with Gasteiger partial charge in [0.2, 0.25) is 0 Å². The average Bonchev–Trinajstić information content (AvgIpc) is 3.08. The summed E-state index contributed by atoms with van der Waals surface area (Å²) in [6, 6.07) is 0. The van der Waals surface area contributed by atoms with Gasteiger partial charge in [-0.3, -0.25) is 4.68 Å². The van der Waals surface area contributed by atoms with Crippen LogP contribution in [0.3, 0.4) is 0 Å². The van der Waals surface area contributed by atoms with E-state index in [1.807, 2.05) is 13.8 Å². The van der Waals surface area contributed by atoms with Crippen LogP contribution in [0.1, 0.15) is 37.9 Å². The Morgan fingerprint density at radius 3 is 2.79 bits per heavy atom. The third kappa shape index (κ3) is 4.86. The van der Waals surface area contributed by atoms with E-state index in [2.05, 4.69) is 20.7 Å². The van der Waals surface area contributed by atoms with Crippen LogP contribution in [0.25, 0.3) is 0 Å². The summed E-state index contributed by atoms with van der Waals surface area (Å²) < 4.78 is 45.7. The van der Waals surface area contributed by atoms with E-state index in [-0.39, 0.29) is 17.7 Å². The number of aromatic nitrogens is 2. The van der Waals surface area contributed by atoms with E-state index in [1.165, 1.54) is 13.2 Å². The number of guanidine groups is 1. The number of nitrogens with zero attached hydrogens (tertiary/aromatic N) is 3. The predicted octanol–water partition coefficient (Wildman–Crippen LogP) is 2.06. The zero-order valence-electron chi connectivity index (χ0n) is 14.2. The normalized spacial score (nSPS) is 22.0. The monoisotopic (exact) mass is 347 g/mol. The number of hydrogen-bond donors (Lipinski definition) is 2. The van der Waals surface area contributed by atoms with Crippen molar-refractivity contribution in [2.45, 2.75) is 45.0 Å². The van der Waals surface area contributed by atoms with Crippen molar-refractivity contribution in [3.63, 3.8) is 0 Å². The van der Waals surface area contributed by atoms with Gasteiger partial charge in [0.05, 0.1) is 12.1 Å². The fourth-order valence-electron chi connectivity index (χ4n) is 2.64. The van der Waals surface area contributed by atoms with Gasteiger partial charge in [0.1, 0.15) is 0 Å². The summed E-state index contributed by atoms with van der Waals surface area (Å²) in [5.74, 6) is 0.464. The highest BCUT2D eigenvalue weighted by Gasteiger charge is 2.36. The van der Waals surface area contributed by atoms with Gasteiger partial charge in [0.15, 0.2) is 11.7 Å². The molecule has 1 aliphatic rings. The number of aryl methyl sites for hydroxylation is 1. The second-order valence-electron chi connectivity index (χ2n) is 6.13. The molecule has 0 radical (unpaired) electrons. The highest BCUT2D eigenvalue weighted by atomic mass is 19.4. The van der Waals surface area contributed by atoms with Crippen molar-refractivity contribution in [2.75, 3.05) is 19.7 Å². The van der Waals surface area contributed by atoms with E-state index in [4.69, 9.17) is 4.74 Å². The van der Waals surface area contributed by atoms with E-state index in [0.717, 1.165) is 24.1 Å². The van der Waals surface area contributed by atoms with Crippen molar-refractivity contribution < 1.29 is 17.9 Å². The van der Waals surface area contributed by atoms with Crippen LogP contribution in [0.15, 0.2) is 11.2 Å². The number of hydrogen-bond acceptors (Lipinski definition) is 3. The van der Waals surface area contributed by atoms with Crippen molar-refractivity contribution in [1.29, 1.82) is 0 Å². The lowest BCUT2D eigenvalue weighted by Crippen LogP contribution is -2.45. The lowest BCUT2D eigenvalue weighted by atomic mass is 10.0. The number of ether oxygens (including phenoxy) is 1. The topological polar surface area (TPSA) is 63.5 Å². The van der Waals surface area contributed by atoms with Gasteiger partial charge in [0.25, 0.3) is 0 Å². The van der Waals surface area contributed by atoms with Gasteiger partial charge in [-0.2, -0.15) is 18.3 Å². The summed E-state index contributed by atoms with van der Waals surface area (Å²) >= 11 is 0. The maximum absolute atomic E-state index is 13.0. The van der Waals surface area contributed by atoms with Crippen LogP contribution >= 0.6 is 0 Å². The molecule has 136 valence electrons. The van der Waals surface area contributed by atoms with Gasteiger partial charge in [-0.05, 0) is 26.7 Å². The van der Waals surface area contributed by atoms with Crippen molar-refractivity contribution >= 4 is 5.96 Å². The highest BCUT2D eigenvalue weighted by molar-refractivity contribution is 5.79. The third-order valence-electron chi connectivity index (χ3n) is 3.86. The number of aliphatic imine (C=N–C) groups is 1. The highest BCUT2D eigenvalue weighted by Crippen LogP contribution is 2.30. The van der Waals surface area contributed by atoms with Gasteiger partial charge in [-0.15, -0.1) is 0 Å². The number of halogens is 3. The van der Waals surface area contributed by atoms with Gasteiger partial charge in [-0.25, -0.2) is 4.99 Å². The van der Waals surface area contributed by atoms with E-state index < -0.39 is 11.9 Å². The predicted molar refractivity (Wildman–Crippen MR) is 84.6 cm³/mol. The minimum absolute atomic E-state index is 0.0468. The quantitative estimate of drug-likeness (QED) is 0.632. The molecular weight excluding hydrogens is 323 g/mol. The molecule has 0 aliphatic carbocycles. The van der Waals surface area contributed by atoms with E-state index in [9.17, 15) is 13.2 Å². The fourth-order valence-corrected chi connectivity index (χ4v) is 2.64. The Morgan fingerprint density at radius 2 is 2.21 bits per heavy atom. The third-order valence-corrected chi connectivity index (χ3v) is 3.86. The molecule has 6 nitrogen and oxygen atoms in total. The molecule has 1 atom stereocenters. The molecule has 1 saturated heterocycles. The van der Waals surface area contributed by atoms with Gasteiger partial charge in [-0.1, -0.05) is 0 Å². The Balaban J connectivity index is 2.05. The first kappa shape index (κ1) is 18.6. The second kappa shape index (κ2) is 7.42. The average molecular weight is 347 g/mol. The molecular formula is C15H24F3N5O. The van der Waals surface area contributed by atoms with Crippen molar-refractivity contribution in [3.8, 4) is 0 Å². The molecule has 1 unspecified atom stereocenters. The molecule has 2 rings (SSSR count). The molecule has 0 bridgehead atoms. The first-order chi connectivity index (χ1) is 11.2. The van der Waals surface area contributed by atoms with Gasteiger partial charge in [0, 0.05) is 38.5 Å². The summed E-state index contributed by atoms with van der Waals surface area (Å²) in [7, 11) is 1.46. The lowest BCUT2D eigenvalue weighted by molar-refractivity contribution is -0.142. The van der Waals surface area contributed by atoms with Crippen molar-refractivity contribution in [1.82, 2.24) is 20.4 Å². The Labute approximate surface area is 139 Å². The summed E-state index contributed by atoms with van der Waals surface area (Å²) in [6.07, 6.45) is -1.18. The molecule has 0 saturated carbocycles. The summed E-state index contributed by atoms with van der Waals surface area (Å²) in [4.78, 5) is 4.25. The van der Waals surface area contributed by atoms with Crippen LogP contribution in [-0.4, -0.2) is 41.0 Å². The van der Waals surface area contributed by atoms with E-state index >= 15 is 0 Å². The fraction of sp³-hybridized carbons (Fsp3) is 0.733. The SMILES string of the molecule is CCNC(=NCc1cn(C)nc1C(F)(F)F)NCC1(C)CCCO1. The van der Waals surface area contributed by atoms with Crippen LogP contribution in [0, 0.1) is 0 Å². The maximum Gasteiger partial charge on any atom is 0.435 e. The molecule has 0 amide bonds. The molecule has 1 aromatic rings. The first-order valence-electron chi connectivity index (χ1n) is 7.99. The Morgan fingerprint density at radius 1 is 1.46 bits per heavy atom. The number of alkyl halides is 3. The number of nitrogens with one attached hydrogen (secondary N) is 2. The Kier molecular flexibility index (Phi) is 5.74. The zero-order chi connectivity index (χ0) is 17.8. The Bertz CT molecular complexity index is 576. The maximum atomic E-state index is 13.0. The molecule has 1 fully saturated rings. The Hall–Kier alpha value is -1.77. The molecule has 1 aromatic heterocycles. The van der Waals surface area contributed by atoms with Crippen molar-refractivity contribution in [2.24, 2.45) is 12.0 Å². The van der Waals surface area contributed by atoms with Crippen LogP contribution in [0.4, 0.5) is 13.2 Å². The number of rotatable bonds is 5. The van der Waals surface area contributed by atoms with E-state index in [0.29, 0.717) is 19.0 Å². The van der Waals surface area contributed by atoms with Crippen molar-refractivity contribution in [3.05, 3.63) is 17.5 Å². The molecule has 0 aromatic carbocycles. The summed E-state index contributed by atoms with van der Waals surface area (Å²) in [5.41, 5.74) is -1.11. The van der Waals surface area contributed by atoms with Gasteiger partial charge >= 0.3 is 6.18 Å². The first-order valence-corrected chi connectivity index (χ1v) is 7.99. The minimum Gasteiger partial charge on any atom is -0.373 e. The molecule has 24 heavy (non-hydrogen) atoms. The smallest absolute Gasteiger partial charge is 0.373 e. The van der Waals surface area contributed by atoms with Crippen LogP contribution in [0.2, 0.25) is 0 Å². The minimum atomic E-state index is -4.48. The molecule has 0 spiro atoms. The van der Waals surface area contributed by atoms with Crippen LogP contribution in [0.5, 0.6) is 0 Å². The lowest BCUT2D eigenvalue weighted by Gasteiger charge is -2.24. The van der Waals surface area contributed by atoms with Gasteiger partial charge < -0.3 is 15.4 Å². The molecule has 2 N–H and O–H groups in total. The molecule has 2 heterocycles. The second-order valence-corrected chi connectivity index (χ2v) is 6.13. The standard InChI is InChI=1S/C15H24F3N5O/c1-4-19-13(21-10-14(2)6-5-7-24-14)20-8-11-9-23(3)22-12(11)15(16,17)18/h9H,4-8,10H2,1-3H3,(H2,19,20,21). The van der Waals surface area contributed by atoms with Crippen LogP contribution in [-0.2, 0) is 24.5 Å². The summed E-state index contributed by atoms with van der Waals surface area (Å²) in [5, 5.41) is 9.67. The largest absolute Gasteiger partial charge is 0.435 e.